The average molecular weight is 226 g/mol. The minimum Gasteiger partial charge on any atom is -0.365 e. The highest BCUT2D eigenvalue weighted by Gasteiger charge is 2.44. The number of rotatable bonds is 3. The Morgan fingerprint density at radius 2 is 2.19 bits per heavy atom. The van der Waals surface area contributed by atoms with Crippen LogP contribution in [0.15, 0.2) is 0 Å². The lowest BCUT2D eigenvalue weighted by atomic mass is 9.86. The van der Waals surface area contributed by atoms with E-state index in [1.165, 1.54) is 0 Å². The zero-order valence-electron chi connectivity index (χ0n) is 10.2. The molecule has 0 bridgehead atoms. The van der Waals surface area contributed by atoms with E-state index in [0.29, 0.717) is 13.1 Å². The third-order valence-corrected chi connectivity index (χ3v) is 3.58. The van der Waals surface area contributed by atoms with E-state index >= 15 is 0 Å². The van der Waals surface area contributed by atoms with E-state index in [4.69, 9.17) is 10.5 Å². The van der Waals surface area contributed by atoms with Crippen LogP contribution < -0.4 is 5.73 Å². The summed E-state index contributed by atoms with van der Waals surface area (Å²) < 4.78 is 5.58. The van der Waals surface area contributed by atoms with E-state index in [0.717, 1.165) is 25.7 Å². The van der Waals surface area contributed by atoms with Crippen molar-refractivity contribution >= 4 is 5.91 Å². The molecule has 2 N–H and O–H groups in total. The average Bonchev–Trinajstić information content (AvgIpc) is 2.60. The standard InChI is InChI=1S/C12H22N2O2/c1-3-6-12(13)7-14(8-12)11(15)10-5-4-9(2)16-10/h9-10H,3-8,13H2,1-2H3. The van der Waals surface area contributed by atoms with E-state index in [2.05, 4.69) is 6.92 Å². The van der Waals surface area contributed by atoms with E-state index in [9.17, 15) is 4.79 Å². The van der Waals surface area contributed by atoms with Crippen LogP contribution in [0.5, 0.6) is 0 Å². The summed E-state index contributed by atoms with van der Waals surface area (Å²) in [5.41, 5.74) is 6.00. The molecule has 92 valence electrons. The van der Waals surface area contributed by atoms with Crippen molar-refractivity contribution in [3.8, 4) is 0 Å². The fourth-order valence-corrected chi connectivity index (χ4v) is 2.71. The SMILES string of the molecule is CCCC1(N)CN(C(=O)C2CCC(C)O2)C1. The fraction of sp³-hybridized carbons (Fsp3) is 0.917. The molecule has 0 saturated carbocycles. The van der Waals surface area contributed by atoms with Crippen LogP contribution in [-0.2, 0) is 9.53 Å². The Morgan fingerprint density at radius 1 is 1.50 bits per heavy atom. The highest BCUT2D eigenvalue weighted by Crippen LogP contribution is 2.27. The Labute approximate surface area is 97.1 Å². The van der Waals surface area contributed by atoms with Crippen molar-refractivity contribution in [1.29, 1.82) is 0 Å². The lowest BCUT2D eigenvalue weighted by molar-refractivity contribution is -0.150. The maximum absolute atomic E-state index is 12.0. The smallest absolute Gasteiger partial charge is 0.251 e. The Morgan fingerprint density at radius 3 is 2.69 bits per heavy atom. The largest absolute Gasteiger partial charge is 0.365 e. The van der Waals surface area contributed by atoms with Gasteiger partial charge in [0.1, 0.15) is 6.10 Å². The molecular weight excluding hydrogens is 204 g/mol. The molecule has 2 unspecified atom stereocenters. The minimum absolute atomic E-state index is 0.130. The summed E-state index contributed by atoms with van der Waals surface area (Å²) in [6.07, 6.45) is 3.96. The number of ether oxygens (including phenoxy) is 1. The van der Waals surface area contributed by atoms with Gasteiger partial charge in [-0.05, 0) is 26.2 Å². The van der Waals surface area contributed by atoms with Gasteiger partial charge in [-0.15, -0.1) is 0 Å². The lowest BCUT2D eigenvalue weighted by Crippen LogP contribution is -2.69. The van der Waals surface area contributed by atoms with Crippen molar-refractivity contribution in [2.75, 3.05) is 13.1 Å². The van der Waals surface area contributed by atoms with Gasteiger partial charge in [-0.25, -0.2) is 0 Å². The zero-order valence-corrected chi connectivity index (χ0v) is 10.2. The van der Waals surface area contributed by atoms with Gasteiger partial charge in [-0.1, -0.05) is 13.3 Å². The minimum atomic E-state index is -0.207. The lowest BCUT2D eigenvalue weighted by Gasteiger charge is -2.48. The predicted molar refractivity (Wildman–Crippen MR) is 62.0 cm³/mol. The number of hydrogen-bond donors (Lipinski definition) is 1. The van der Waals surface area contributed by atoms with Crippen LogP contribution in [0.2, 0.25) is 0 Å². The number of nitrogens with two attached hydrogens (primary N) is 1. The molecule has 0 radical (unpaired) electrons. The van der Waals surface area contributed by atoms with Gasteiger partial charge in [0.15, 0.2) is 0 Å². The number of likely N-dealkylation sites (tertiary alicyclic amines) is 1. The number of amides is 1. The van der Waals surface area contributed by atoms with Crippen LogP contribution in [0.3, 0.4) is 0 Å². The van der Waals surface area contributed by atoms with E-state index in [-0.39, 0.29) is 23.7 Å². The first-order chi connectivity index (χ1) is 7.54. The maximum atomic E-state index is 12.0. The summed E-state index contributed by atoms with van der Waals surface area (Å²) >= 11 is 0. The summed E-state index contributed by atoms with van der Waals surface area (Å²) in [5, 5.41) is 0. The van der Waals surface area contributed by atoms with Gasteiger partial charge in [-0.3, -0.25) is 4.79 Å². The van der Waals surface area contributed by atoms with Crippen molar-refractivity contribution < 1.29 is 9.53 Å². The predicted octanol–water partition coefficient (Wildman–Crippen LogP) is 0.894. The summed E-state index contributed by atoms with van der Waals surface area (Å²) in [4.78, 5) is 13.9. The normalized spacial score (nSPS) is 32.6. The summed E-state index contributed by atoms with van der Waals surface area (Å²) in [7, 11) is 0. The molecule has 2 saturated heterocycles. The second-order valence-electron chi connectivity index (χ2n) is 5.32. The van der Waals surface area contributed by atoms with Gasteiger partial charge in [0.05, 0.1) is 11.6 Å². The summed E-state index contributed by atoms with van der Waals surface area (Å²) in [6.45, 7) is 5.55. The molecule has 0 aromatic carbocycles. The Kier molecular flexibility index (Phi) is 3.22. The van der Waals surface area contributed by atoms with Crippen molar-refractivity contribution in [3.05, 3.63) is 0 Å². The van der Waals surface area contributed by atoms with E-state index in [1.54, 1.807) is 0 Å². The maximum Gasteiger partial charge on any atom is 0.251 e. The second-order valence-corrected chi connectivity index (χ2v) is 5.32. The molecule has 2 aliphatic heterocycles. The molecule has 1 amide bonds. The monoisotopic (exact) mass is 226 g/mol. The molecule has 2 heterocycles. The van der Waals surface area contributed by atoms with Gasteiger partial charge >= 0.3 is 0 Å². The highest BCUT2D eigenvalue weighted by atomic mass is 16.5. The molecule has 2 rings (SSSR count). The molecule has 2 fully saturated rings. The van der Waals surface area contributed by atoms with Crippen molar-refractivity contribution in [3.63, 3.8) is 0 Å². The summed E-state index contributed by atoms with van der Waals surface area (Å²) in [6, 6.07) is 0. The topological polar surface area (TPSA) is 55.6 Å². The highest BCUT2D eigenvalue weighted by molar-refractivity contribution is 5.82. The molecule has 4 heteroatoms. The molecule has 2 atom stereocenters. The van der Waals surface area contributed by atoms with Crippen molar-refractivity contribution in [1.82, 2.24) is 4.90 Å². The Balaban J connectivity index is 1.81. The molecule has 0 aromatic rings. The van der Waals surface area contributed by atoms with Crippen LogP contribution >= 0.6 is 0 Å². The number of carbonyl (C=O) groups is 1. The molecule has 4 nitrogen and oxygen atoms in total. The first-order valence-corrected chi connectivity index (χ1v) is 6.27. The molecule has 0 aliphatic carbocycles. The van der Waals surface area contributed by atoms with E-state index < -0.39 is 0 Å². The van der Waals surface area contributed by atoms with E-state index in [1.807, 2.05) is 11.8 Å². The van der Waals surface area contributed by atoms with Gasteiger partial charge in [0, 0.05) is 13.1 Å². The van der Waals surface area contributed by atoms with Gasteiger partial charge in [0.2, 0.25) is 0 Å². The van der Waals surface area contributed by atoms with Crippen molar-refractivity contribution in [2.24, 2.45) is 5.73 Å². The fourth-order valence-electron chi connectivity index (χ4n) is 2.71. The molecular formula is C12H22N2O2. The van der Waals surface area contributed by atoms with Gasteiger partial charge < -0.3 is 15.4 Å². The van der Waals surface area contributed by atoms with Crippen LogP contribution in [0.1, 0.15) is 39.5 Å². The van der Waals surface area contributed by atoms with Crippen molar-refractivity contribution in [2.45, 2.75) is 57.3 Å². The first-order valence-electron chi connectivity index (χ1n) is 6.27. The van der Waals surface area contributed by atoms with Gasteiger partial charge in [-0.2, -0.15) is 0 Å². The summed E-state index contributed by atoms with van der Waals surface area (Å²) in [5.74, 6) is 0.140. The van der Waals surface area contributed by atoms with Crippen LogP contribution in [0.25, 0.3) is 0 Å². The molecule has 0 spiro atoms. The van der Waals surface area contributed by atoms with Crippen LogP contribution in [0, 0.1) is 0 Å². The number of hydrogen-bond acceptors (Lipinski definition) is 3. The Hall–Kier alpha value is -0.610. The molecule has 16 heavy (non-hydrogen) atoms. The number of carbonyl (C=O) groups excluding carboxylic acids is 1. The third kappa shape index (κ3) is 2.23. The number of nitrogens with zero attached hydrogens (tertiary/aromatic N) is 1. The van der Waals surface area contributed by atoms with Crippen LogP contribution in [0.4, 0.5) is 0 Å². The Bertz CT molecular complexity index is 274. The zero-order chi connectivity index (χ0) is 11.8. The first kappa shape index (κ1) is 11.9. The molecule has 2 aliphatic rings. The quantitative estimate of drug-likeness (QED) is 0.777. The van der Waals surface area contributed by atoms with Crippen LogP contribution in [-0.4, -0.2) is 41.6 Å². The third-order valence-electron chi connectivity index (χ3n) is 3.58. The molecule has 0 aromatic heterocycles. The van der Waals surface area contributed by atoms with Gasteiger partial charge in [0.25, 0.3) is 5.91 Å². The second kappa shape index (κ2) is 4.34.